The van der Waals surface area contributed by atoms with Gasteiger partial charge in [0.15, 0.2) is 0 Å². The van der Waals surface area contributed by atoms with Crippen molar-refractivity contribution in [1.29, 1.82) is 0 Å². The Morgan fingerprint density at radius 2 is 2.10 bits per heavy atom. The molecule has 158 valence electrons. The summed E-state index contributed by atoms with van der Waals surface area (Å²) in [5.41, 5.74) is 2.86. The maximum Gasteiger partial charge on any atom is 0.251 e. The van der Waals surface area contributed by atoms with E-state index in [0.29, 0.717) is 17.8 Å². The van der Waals surface area contributed by atoms with E-state index in [1.54, 1.807) is 12.4 Å². The third kappa shape index (κ3) is 4.00. The molecule has 2 saturated heterocycles. The summed E-state index contributed by atoms with van der Waals surface area (Å²) in [5, 5.41) is 12.4. The van der Waals surface area contributed by atoms with Gasteiger partial charge in [-0.05, 0) is 31.0 Å². The summed E-state index contributed by atoms with van der Waals surface area (Å²) in [7, 11) is 0. The Morgan fingerprint density at radius 3 is 2.93 bits per heavy atom. The van der Waals surface area contributed by atoms with Gasteiger partial charge in [-0.25, -0.2) is 4.98 Å². The van der Waals surface area contributed by atoms with Crippen LogP contribution in [0.4, 0.5) is 0 Å². The molecular weight excluding hydrogens is 384 g/mol. The average molecular weight is 410 g/mol. The van der Waals surface area contributed by atoms with Gasteiger partial charge in [-0.2, -0.15) is 0 Å². The molecule has 2 aliphatic rings. The number of amides is 1. The summed E-state index contributed by atoms with van der Waals surface area (Å²) < 4.78 is 13.2. The Morgan fingerprint density at radius 1 is 1.20 bits per heavy atom. The van der Waals surface area contributed by atoms with Crippen LogP contribution in [-0.2, 0) is 16.0 Å². The van der Waals surface area contributed by atoms with Crippen LogP contribution in [0.5, 0.6) is 0 Å². The van der Waals surface area contributed by atoms with Gasteiger partial charge >= 0.3 is 0 Å². The molecular formula is C21H26N6O3. The van der Waals surface area contributed by atoms with Crippen LogP contribution in [0.25, 0.3) is 22.1 Å². The predicted molar refractivity (Wildman–Crippen MR) is 111 cm³/mol. The van der Waals surface area contributed by atoms with Crippen molar-refractivity contribution in [2.45, 2.75) is 25.5 Å². The van der Waals surface area contributed by atoms with E-state index in [1.165, 1.54) is 0 Å². The van der Waals surface area contributed by atoms with Crippen LogP contribution in [0.1, 0.15) is 23.2 Å². The number of ether oxygens (including phenoxy) is 2. The van der Waals surface area contributed by atoms with Crippen LogP contribution in [0, 0.1) is 0 Å². The molecule has 1 atom stereocenters. The summed E-state index contributed by atoms with van der Waals surface area (Å²) in [6.07, 6.45) is 4.12. The van der Waals surface area contributed by atoms with Crippen molar-refractivity contribution in [3.63, 3.8) is 0 Å². The lowest BCUT2D eigenvalue weighted by Crippen LogP contribution is -2.41. The third-order valence-corrected chi connectivity index (χ3v) is 5.83. The van der Waals surface area contributed by atoms with Crippen LogP contribution < -0.4 is 5.32 Å². The van der Waals surface area contributed by atoms with E-state index in [4.69, 9.17) is 9.47 Å². The minimum absolute atomic E-state index is 0.0830. The monoisotopic (exact) mass is 410 g/mol. The van der Waals surface area contributed by atoms with Gasteiger partial charge in [-0.1, -0.05) is 0 Å². The zero-order valence-corrected chi connectivity index (χ0v) is 16.9. The second-order valence-electron chi connectivity index (χ2n) is 7.85. The second kappa shape index (κ2) is 8.63. The van der Waals surface area contributed by atoms with Gasteiger partial charge in [0.25, 0.3) is 5.91 Å². The van der Waals surface area contributed by atoms with Crippen LogP contribution in [-0.4, -0.2) is 82.7 Å². The van der Waals surface area contributed by atoms with Crippen molar-refractivity contribution in [1.82, 2.24) is 30.0 Å². The molecule has 0 bridgehead atoms. The number of fused-ring (bicyclic) bond motifs is 3. The highest BCUT2D eigenvalue weighted by Crippen LogP contribution is 2.24. The Labute approximate surface area is 174 Å². The molecule has 0 spiro atoms. The minimum Gasteiger partial charge on any atom is -0.379 e. The molecule has 9 heteroatoms. The van der Waals surface area contributed by atoms with Crippen molar-refractivity contribution < 1.29 is 14.3 Å². The van der Waals surface area contributed by atoms with E-state index in [1.807, 2.05) is 12.1 Å². The zero-order valence-electron chi connectivity index (χ0n) is 16.9. The SMILES string of the molecule is O=C(NCCN1CCOCC1)c1ccc2nnc3ncn(CC4CCCO4)c3c2c1. The maximum absolute atomic E-state index is 12.7. The molecule has 1 aromatic carbocycles. The summed E-state index contributed by atoms with van der Waals surface area (Å²) in [5.74, 6) is -0.0830. The van der Waals surface area contributed by atoms with Gasteiger partial charge in [-0.15, -0.1) is 10.2 Å². The van der Waals surface area contributed by atoms with Crippen molar-refractivity contribution in [2.75, 3.05) is 46.0 Å². The predicted octanol–water partition coefficient (Wildman–Crippen LogP) is 1.22. The fourth-order valence-corrected chi connectivity index (χ4v) is 4.18. The van der Waals surface area contributed by atoms with Gasteiger partial charge in [-0.3, -0.25) is 9.69 Å². The third-order valence-electron chi connectivity index (χ3n) is 5.83. The summed E-state index contributed by atoms with van der Waals surface area (Å²) in [6.45, 7) is 6.32. The highest BCUT2D eigenvalue weighted by atomic mass is 16.5. The van der Waals surface area contributed by atoms with Gasteiger partial charge in [0.1, 0.15) is 0 Å². The molecule has 1 amide bonds. The van der Waals surface area contributed by atoms with E-state index < -0.39 is 0 Å². The largest absolute Gasteiger partial charge is 0.379 e. The summed E-state index contributed by atoms with van der Waals surface area (Å²) >= 11 is 0. The van der Waals surface area contributed by atoms with Gasteiger partial charge in [0.2, 0.25) is 5.65 Å². The quantitative estimate of drug-likeness (QED) is 0.653. The Hall–Kier alpha value is -2.62. The Kier molecular flexibility index (Phi) is 5.56. The molecule has 4 heterocycles. The molecule has 0 saturated carbocycles. The number of carbonyl (C=O) groups is 1. The summed E-state index contributed by atoms with van der Waals surface area (Å²) in [4.78, 5) is 19.4. The van der Waals surface area contributed by atoms with Crippen molar-refractivity contribution in [2.24, 2.45) is 0 Å². The van der Waals surface area contributed by atoms with E-state index in [2.05, 4.69) is 30.0 Å². The van der Waals surface area contributed by atoms with Gasteiger partial charge in [0, 0.05) is 43.7 Å². The summed E-state index contributed by atoms with van der Waals surface area (Å²) in [6, 6.07) is 5.54. The molecule has 1 unspecified atom stereocenters. The maximum atomic E-state index is 12.7. The highest BCUT2D eigenvalue weighted by Gasteiger charge is 2.19. The first-order valence-corrected chi connectivity index (χ1v) is 10.6. The number of nitrogens with zero attached hydrogens (tertiary/aromatic N) is 5. The van der Waals surface area contributed by atoms with E-state index in [9.17, 15) is 4.79 Å². The van der Waals surface area contributed by atoms with Crippen LogP contribution in [0.2, 0.25) is 0 Å². The fraction of sp³-hybridized carbons (Fsp3) is 0.524. The second-order valence-corrected chi connectivity index (χ2v) is 7.85. The average Bonchev–Trinajstić information content (AvgIpc) is 3.44. The smallest absolute Gasteiger partial charge is 0.251 e. The van der Waals surface area contributed by atoms with Gasteiger partial charge in [0.05, 0.1) is 43.2 Å². The molecule has 2 aromatic heterocycles. The molecule has 30 heavy (non-hydrogen) atoms. The van der Waals surface area contributed by atoms with E-state index >= 15 is 0 Å². The van der Waals surface area contributed by atoms with Crippen molar-refractivity contribution in [3.05, 3.63) is 30.1 Å². The van der Waals surface area contributed by atoms with Crippen molar-refractivity contribution in [3.8, 4) is 0 Å². The number of hydrogen-bond donors (Lipinski definition) is 1. The standard InChI is InChI=1S/C21H26N6O3/c28-21(22-5-6-26-7-10-29-11-8-26)15-3-4-18-17(12-15)19-20(25-24-18)23-14-27(19)13-16-2-1-9-30-16/h3-4,12,14,16H,1-2,5-11,13H2,(H,22,28). The van der Waals surface area contributed by atoms with E-state index in [-0.39, 0.29) is 12.0 Å². The number of rotatable bonds is 6. The molecule has 1 N–H and O–H groups in total. The van der Waals surface area contributed by atoms with Crippen molar-refractivity contribution >= 4 is 28.0 Å². The van der Waals surface area contributed by atoms with E-state index in [0.717, 1.165) is 75.3 Å². The number of benzene rings is 1. The number of imidazole rings is 1. The molecule has 9 nitrogen and oxygen atoms in total. The number of nitrogens with one attached hydrogen (secondary N) is 1. The fourth-order valence-electron chi connectivity index (χ4n) is 4.18. The number of morpholine rings is 1. The lowest BCUT2D eigenvalue weighted by atomic mass is 10.1. The molecule has 2 aliphatic heterocycles. The minimum atomic E-state index is -0.0830. The Bertz CT molecular complexity index is 1040. The number of aromatic nitrogens is 4. The molecule has 0 aliphatic carbocycles. The van der Waals surface area contributed by atoms with Crippen LogP contribution in [0.15, 0.2) is 24.5 Å². The van der Waals surface area contributed by atoms with Crippen LogP contribution in [0.3, 0.4) is 0 Å². The lowest BCUT2D eigenvalue weighted by molar-refractivity contribution is 0.0383. The highest BCUT2D eigenvalue weighted by molar-refractivity contribution is 6.05. The number of hydrogen-bond acceptors (Lipinski definition) is 7. The number of carbonyl (C=O) groups excluding carboxylic acids is 1. The first kappa shape index (κ1) is 19.3. The first-order valence-electron chi connectivity index (χ1n) is 10.6. The zero-order chi connectivity index (χ0) is 20.3. The molecule has 5 rings (SSSR count). The normalized spacial score (nSPS) is 20.2. The Balaban J connectivity index is 1.36. The molecule has 3 aromatic rings. The first-order chi connectivity index (χ1) is 14.8. The van der Waals surface area contributed by atoms with Gasteiger partial charge < -0.3 is 19.4 Å². The topological polar surface area (TPSA) is 94.4 Å². The van der Waals surface area contributed by atoms with Crippen LogP contribution >= 0.6 is 0 Å². The molecule has 0 radical (unpaired) electrons. The molecule has 2 fully saturated rings. The lowest BCUT2D eigenvalue weighted by Gasteiger charge is -2.26.